The summed E-state index contributed by atoms with van der Waals surface area (Å²) >= 11 is 0. The number of nitrogens with zero attached hydrogens (tertiary/aromatic N) is 5. The lowest BCUT2D eigenvalue weighted by molar-refractivity contribution is -0.384. The fourth-order valence-electron chi connectivity index (χ4n) is 3.37. The van der Waals surface area contributed by atoms with Gasteiger partial charge < -0.3 is 10.2 Å². The largest absolute Gasteiger partial charge is 0.363 e. The molecule has 2 aromatic rings. The summed E-state index contributed by atoms with van der Waals surface area (Å²) in [5.41, 5.74) is 1.58. The molecular weight excluding hydrogens is 372 g/mol. The van der Waals surface area contributed by atoms with Crippen molar-refractivity contribution in [2.75, 3.05) is 42.9 Å². The summed E-state index contributed by atoms with van der Waals surface area (Å²) in [4.78, 5) is 27.4. The molecule has 0 spiro atoms. The molecule has 0 atom stereocenters. The Kier molecular flexibility index (Phi) is 5.88. The molecule has 1 aliphatic heterocycles. The summed E-state index contributed by atoms with van der Waals surface area (Å²) in [6, 6.07) is 8.68. The molecule has 3 rings (SSSR count). The van der Waals surface area contributed by atoms with Crippen LogP contribution in [0.1, 0.15) is 26.5 Å². The lowest BCUT2D eigenvalue weighted by Gasteiger charge is -2.35. The monoisotopic (exact) mass is 400 g/mol. The third-order valence-electron chi connectivity index (χ3n) is 5.07. The molecule has 1 saturated heterocycles. The number of carbonyl (C=O) groups is 1. The quantitative estimate of drug-likeness (QED) is 0.611. The number of hydrogen-bond donors (Lipinski definition) is 1. The van der Waals surface area contributed by atoms with Crippen LogP contribution in [-0.4, -0.2) is 58.2 Å². The van der Waals surface area contributed by atoms with Gasteiger partial charge in [-0.05, 0) is 6.07 Å². The van der Waals surface area contributed by atoms with Crippen molar-refractivity contribution in [1.29, 1.82) is 0 Å². The third kappa shape index (κ3) is 4.92. The first-order valence-electron chi connectivity index (χ1n) is 9.70. The fourth-order valence-corrected chi connectivity index (χ4v) is 3.37. The van der Waals surface area contributed by atoms with Crippen LogP contribution in [0.5, 0.6) is 0 Å². The van der Waals surface area contributed by atoms with E-state index in [0.29, 0.717) is 37.7 Å². The maximum Gasteiger partial charge on any atom is 0.292 e. The van der Waals surface area contributed by atoms with E-state index in [1.165, 1.54) is 6.07 Å². The normalized spacial score (nSPS) is 15.4. The van der Waals surface area contributed by atoms with Crippen molar-refractivity contribution in [1.82, 2.24) is 14.7 Å². The number of piperazine rings is 1. The lowest BCUT2D eigenvalue weighted by atomic mass is 9.92. The number of para-hydroxylation sites is 2. The number of benzene rings is 1. The zero-order valence-electron chi connectivity index (χ0n) is 17.4. The molecule has 0 radical (unpaired) electrons. The van der Waals surface area contributed by atoms with Crippen molar-refractivity contribution in [2.24, 2.45) is 7.05 Å². The average molecular weight is 400 g/mol. The van der Waals surface area contributed by atoms with Gasteiger partial charge in [0, 0.05) is 50.8 Å². The van der Waals surface area contributed by atoms with Crippen molar-refractivity contribution in [3.05, 3.63) is 46.1 Å². The highest BCUT2D eigenvalue weighted by Crippen LogP contribution is 2.28. The Bertz CT molecular complexity index is 894. The van der Waals surface area contributed by atoms with E-state index in [4.69, 9.17) is 0 Å². The van der Waals surface area contributed by atoms with Crippen molar-refractivity contribution in [2.45, 2.75) is 26.2 Å². The number of carbonyl (C=O) groups excluding carboxylic acids is 1. The minimum atomic E-state index is -0.352. The summed E-state index contributed by atoms with van der Waals surface area (Å²) < 4.78 is 1.69. The number of nitro groups is 1. The van der Waals surface area contributed by atoms with Gasteiger partial charge in [0.05, 0.1) is 17.2 Å². The second kappa shape index (κ2) is 8.20. The lowest BCUT2D eigenvalue weighted by Crippen LogP contribution is -2.48. The molecule has 156 valence electrons. The second-order valence-electron chi connectivity index (χ2n) is 8.35. The molecule has 0 bridgehead atoms. The molecule has 0 unspecified atom stereocenters. The second-order valence-corrected chi connectivity index (χ2v) is 8.35. The predicted molar refractivity (Wildman–Crippen MR) is 112 cm³/mol. The predicted octanol–water partition coefficient (Wildman–Crippen LogP) is 2.39. The highest BCUT2D eigenvalue weighted by molar-refractivity contribution is 5.91. The van der Waals surface area contributed by atoms with E-state index in [0.717, 1.165) is 5.69 Å². The van der Waals surface area contributed by atoms with Gasteiger partial charge in [0.15, 0.2) is 0 Å². The molecule has 29 heavy (non-hydrogen) atoms. The number of aryl methyl sites for hydroxylation is 1. The number of nitro benzene ring substituents is 1. The van der Waals surface area contributed by atoms with Crippen LogP contribution in [0.25, 0.3) is 0 Å². The highest BCUT2D eigenvalue weighted by Gasteiger charge is 2.25. The zero-order valence-corrected chi connectivity index (χ0v) is 17.4. The van der Waals surface area contributed by atoms with E-state index >= 15 is 0 Å². The summed E-state index contributed by atoms with van der Waals surface area (Å²) in [5, 5.41) is 18.7. The molecule has 9 nitrogen and oxygen atoms in total. The van der Waals surface area contributed by atoms with E-state index < -0.39 is 0 Å². The van der Waals surface area contributed by atoms with Gasteiger partial charge in [-0.15, -0.1) is 0 Å². The summed E-state index contributed by atoms with van der Waals surface area (Å²) in [5.74, 6) is 0.589. The Balaban J connectivity index is 1.56. The summed E-state index contributed by atoms with van der Waals surface area (Å²) in [7, 11) is 1.82. The first-order chi connectivity index (χ1) is 13.6. The maximum absolute atomic E-state index is 12.5. The van der Waals surface area contributed by atoms with Crippen LogP contribution in [0, 0.1) is 10.1 Å². The standard InChI is InChI=1S/C20H28N6O3/c1-20(2,3)17-13-18(23(4)22-17)21-19(27)14-24-9-11-25(12-10-24)15-7-5-6-8-16(15)26(28)29/h5-8,13H,9-12,14H2,1-4H3,(H,21,27). The molecule has 1 amide bonds. The van der Waals surface area contributed by atoms with Gasteiger partial charge in [0.1, 0.15) is 11.5 Å². The summed E-state index contributed by atoms with van der Waals surface area (Å²) in [6.07, 6.45) is 0. The number of aromatic nitrogens is 2. The smallest absolute Gasteiger partial charge is 0.292 e. The molecule has 1 aromatic heterocycles. The van der Waals surface area contributed by atoms with Crippen LogP contribution in [0.15, 0.2) is 30.3 Å². The molecule has 1 aliphatic rings. The van der Waals surface area contributed by atoms with Crippen LogP contribution in [0.3, 0.4) is 0 Å². The van der Waals surface area contributed by atoms with E-state index in [2.05, 4.69) is 36.1 Å². The Morgan fingerprint density at radius 2 is 1.86 bits per heavy atom. The Morgan fingerprint density at radius 3 is 2.45 bits per heavy atom. The van der Waals surface area contributed by atoms with Crippen molar-refractivity contribution in [3.8, 4) is 0 Å². The van der Waals surface area contributed by atoms with E-state index in [1.54, 1.807) is 16.8 Å². The van der Waals surface area contributed by atoms with Gasteiger partial charge in [-0.2, -0.15) is 5.10 Å². The summed E-state index contributed by atoms with van der Waals surface area (Å²) in [6.45, 7) is 9.12. The van der Waals surface area contributed by atoms with Crippen molar-refractivity contribution < 1.29 is 9.72 Å². The molecule has 1 aromatic carbocycles. The maximum atomic E-state index is 12.5. The minimum Gasteiger partial charge on any atom is -0.363 e. The molecular formula is C20H28N6O3. The topological polar surface area (TPSA) is 96.5 Å². The number of amides is 1. The molecule has 0 aliphatic carbocycles. The van der Waals surface area contributed by atoms with E-state index in [-0.39, 0.29) is 28.5 Å². The molecule has 1 N–H and O–H groups in total. The van der Waals surface area contributed by atoms with Crippen LogP contribution in [0.4, 0.5) is 17.2 Å². The Morgan fingerprint density at radius 1 is 1.21 bits per heavy atom. The van der Waals surface area contributed by atoms with Crippen LogP contribution >= 0.6 is 0 Å². The fraction of sp³-hybridized carbons (Fsp3) is 0.500. The molecule has 2 heterocycles. The number of nitrogens with one attached hydrogen (secondary N) is 1. The van der Waals surface area contributed by atoms with E-state index in [1.807, 2.05) is 24.1 Å². The number of hydrogen-bond acceptors (Lipinski definition) is 6. The third-order valence-corrected chi connectivity index (χ3v) is 5.07. The minimum absolute atomic E-state index is 0.0862. The van der Waals surface area contributed by atoms with Gasteiger partial charge in [-0.1, -0.05) is 32.9 Å². The van der Waals surface area contributed by atoms with Gasteiger partial charge in [0.25, 0.3) is 5.69 Å². The van der Waals surface area contributed by atoms with Crippen molar-refractivity contribution >= 4 is 23.1 Å². The first-order valence-corrected chi connectivity index (χ1v) is 9.70. The Hall–Kier alpha value is -2.94. The first kappa shape index (κ1) is 20.8. The SMILES string of the molecule is Cn1nc(C(C)(C)C)cc1NC(=O)CN1CCN(c2ccccc2[N+](=O)[O-])CC1. The molecule has 9 heteroatoms. The van der Waals surface area contributed by atoms with Gasteiger partial charge in [0.2, 0.25) is 5.91 Å². The van der Waals surface area contributed by atoms with E-state index in [9.17, 15) is 14.9 Å². The highest BCUT2D eigenvalue weighted by atomic mass is 16.6. The van der Waals surface area contributed by atoms with Gasteiger partial charge in [-0.3, -0.25) is 24.5 Å². The number of anilines is 2. The van der Waals surface area contributed by atoms with Crippen molar-refractivity contribution in [3.63, 3.8) is 0 Å². The Labute approximate surface area is 170 Å². The van der Waals surface area contributed by atoms with Crippen LogP contribution in [0.2, 0.25) is 0 Å². The zero-order chi connectivity index (χ0) is 21.2. The van der Waals surface area contributed by atoms with Crippen LogP contribution < -0.4 is 10.2 Å². The van der Waals surface area contributed by atoms with Gasteiger partial charge >= 0.3 is 0 Å². The molecule has 1 fully saturated rings. The van der Waals surface area contributed by atoms with Crippen LogP contribution in [-0.2, 0) is 17.3 Å². The van der Waals surface area contributed by atoms with Gasteiger partial charge in [-0.25, -0.2) is 0 Å². The number of rotatable bonds is 5. The molecule has 0 saturated carbocycles. The average Bonchev–Trinajstić information content (AvgIpc) is 3.03.